The quantitative estimate of drug-likeness (QED) is 0.254. The van der Waals surface area contributed by atoms with Crippen LogP contribution in [0.1, 0.15) is 52.7 Å². The van der Waals surface area contributed by atoms with Crippen LogP contribution in [0.3, 0.4) is 0 Å². The molecule has 0 N–H and O–H groups in total. The van der Waals surface area contributed by atoms with Crippen molar-refractivity contribution in [2.45, 2.75) is 52.4 Å². The van der Waals surface area contributed by atoms with Gasteiger partial charge in [0.25, 0.3) is 0 Å². The van der Waals surface area contributed by atoms with Crippen LogP contribution in [-0.4, -0.2) is 14.5 Å². The van der Waals surface area contributed by atoms with Gasteiger partial charge in [-0.25, -0.2) is 0 Å². The van der Waals surface area contributed by atoms with Gasteiger partial charge in [0.15, 0.2) is 7.14 Å². The van der Waals surface area contributed by atoms with Crippen LogP contribution in [0.25, 0.3) is 0 Å². The number of halogens is 10. The first-order valence-electron chi connectivity index (χ1n) is 9.27. The van der Waals surface area contributed by atoms with Crippen molar-refractivity contribution in [2.24, 2.45) is 0 Å². The van der Waals surface area contributed by atoms with Crippen molar-refractivity contribution in [1.29, 1.82) is 0 Å². The number of hydrogen-bond donors (Lipinski definition) is 0. The highest BCUT2D eigenvalue weighted by Crippen LogP contribution is 2.21. The van der Waals surface area contributed by atoms with Crippen molar-refractivity contribution in [1.82, 2.24) is 0 Å². The van der Waals surface area contributed by atoms with Gasteiger partial charge in [-0.1, -0.05) is 65.8 Å². The predicted octanol–water partition coefficient (Wildman–Crippen LogP) is 1.48. The molecule has 0 aliphatic carbocycles. The van der Waals surface area contributed by atoms with Crippen LogP contribution < -0.4 is 45.2 Å². The van der Waals surface area contributed by atoms with Crippen LogP contribution in [0.4, 0.5) is 34.5 Å². The molecule has 2 aromatic rings. The molecule has 0 bridgehead atoms. The Morgan fingerprint density at radius 3 is 0.844 bits per heavy atom. The monoisotopic (exact) mass is 696 g/mol. The summed E-state index contributed by atoms with van der Waals surface area (Å²) in [6.07, 6.45) is 0. The third-order valence-corrected chi connectivity index (χ3v) is 6.32. The molecule has 0 saturated carbocycles. The number of benzene rings is 2. The van der Waals surface area contributed by atoms with Gasteiger partial charge in [-0.15, -0.1) is 0 Å². The van der Waals surface area contributed by atoms with Gasteiger partial charge in [0.05, 0.1) is 0 Å². The second-order valence-electron chi connectivity index (χ2n) is 8.60. The van der Waals surface area contributed by atoms with Gasteiger partial charge in [0, 0.05) is 0 Å². The minimum Gasteiger partial charge on any atom is -0.418 e. The van der Waals surface area contributed by atoms with E-state index in [1.165, 1.54) is 18.3 Å². The van der Waals surface area contributed by atoms with Crippen molar-refractivity contribution in [3.63, 3.8) is 0 Å². The van der Waals surface area contributed by atoms with Crippen molar-refractivity contribution in [2.75, 3.05) is 0 Å². The lowest BCUT2D eigenvalue weighted by Gasteiger charge is -2.18. The standard InChI is InChI=1S/C20H26I.2BF4.H2I/c1-19(2,3)15-7-11-17(12-8-15)21-18-13-9-16(10-14-18)20(4,5)6;2*2-1(3,4)5;/h7-14H,1-6H3;;;1H2/q+1;2*-1;+1. The van der Waals surface area contributed by atoms with E-state index >= 15 is 0 Å². The summed E-state index contributed by atoms with van der Waals surface area (Å²) in [6.45, 7) is 13.6. The average Bonchev–Trinajstić information content (AvgIpc) is 2.51. The van der Waals surface area contributed by atoms with Crippen molar-refractivity contribution in [3.8, 4) is 0 Å². The molecule has 0 spiro atoms. The van der Waals surface area contributed by atoms with E-state index in [1.54, 1.807) is 0 Å². The maximum Gasteiger partial charge on any atom is 0.673 e. The maximum absolute atomic E-state index is 9.75. The number of hydrogen-bond acceptors (Lipinski definition) is 0. The average molecular weight is 696 g/mol. The Morgan fingerprint density at radius 1 is 0.500 bits per heavy atom. The molecule has 0 saturated heterocycles. The van der Waals surface area contributed by atoms with Crippen LogP contribution in [-0.2, 0) is 10.8 Å². The Balaban J connectivity index is 0. The van der Waals surface area contributed by atoms with Crippen LogP contribution in [0.15, 0.2) is 48.5 Å². The lowest BCUT2D eigenvalue weighted by Crippen LogP contribution is -3.61. The van der Waals surface area contributed by atoms with Gasteiger partial charge in [0.1, 0.15) is 0 Å². The molecule has 0 heterocycles. The van der Waals surface area contributed by atoms with E-state index in [0.29, 0.717) is 0 Å². The van der Waals surface area contributed by atoms with Crippen LogP contribution in [0.2, 0.25) is 0 Å². The Labute approximate surface area is 212 Å². The first kappa shape index (κ1) is 33.6. The molecule has 0 aliphatic rings. The number of rotatable bonds is 2. The lowest BCUT2D eigenvalue weighted by atomic mass is 9.87. The zero-order valence-corrected chi connectivity index (χ0v) is 23.3. The molecule has 12 heteroatoms. The van der Waals surface area contributed by atoms with Gasteiger partial charge in [0.2, 0.25) is 24.0 Å². The molecule has 0 amide bonds. The Bertz CT molecular complexity index is 697. The molecule has 2 rings (SSSR count). The van der Waals surface area contributed by atoms with E-state index in [0.717, 1.165) is 0 Å². The second kappa shape index (κ2) is 13.4. The van der Waals surface area contributed by atoms with E-state index in [9.17, 15) is 34.5 Å². The van der Waals surface area contributed by atoms with Gasteiger partial charge in [-0.05, 0) is 46.2 Å². The summed E-state index contributed by atoms with van der Waals surface area (Å²) in [4.78, 5) is 0. The highest BCUT2D eigenvalue weighted by Gasteiger charge is 2.21. The fourth-order valence-electron chi connectivity index (χ4n) is 2.15. The van der Waals surface area contributed by atoms with Gasteiger partial charge in [-0.3, -0.25) is 0 Å². The second-order valence-corrected chi connectivity index (χ2v) is 11.6. The van der Waals surface area contributed by atoms with E-state index in [-0.39, 0.29) is 56.0 Å². The fourth-order valence-corrected chi connectivity index (χ4v) is 4.31. The highest BCUT2D eigenvalue weighted by atomic mass is 127. The summed E-state index contributed by atoms with van der Waals surface area (Å²) in [7, 11) is -12.0. The van der Waals surface area contributed by atoms with Gasteiger partial charge < -0.3 is 34.5 Å². The predicted molar refractivity (Wildman–Crippen MR) is 111 cm³/mol. The largest absolute Gasteiger partial charge is 0.673 e. The van der Waals surface area contributed by atoms with Crippen LogP contribution in [0, 0.1) is 7.14 Å². The lowest BCUT2D eigenvalue weighted by molar-refractivity contribution is -0.597. The van der Waals surface area contributed by atoms with Crippen LogP contribution in [0.5, 0.6) is 0 Å². The van der Waals surface area contributed by atoms with Crippen LogP contribution >= 0.6 is 0 Å². The summed E-state index contributed by atoms with van der Waals surface area (Å²) >= 11 is -0.0703. The summed E-state index contributed by atoms with van der Waals surface area (Å²) in [6, 6.07) is 18.4. The van der Waals surface area contributed by atoms with Gasteiger partial charge in [-0.2, -0.15) is 0 Å². The zero-order valence-electron chi connectivity index (χ0n) is 18.6. The molecule has 0 fully saturated rings. The summed E-state index contributed by atoms with van der Waals surface area (Å²) in [5, 5.41) is 0. The summed E-state index contributed by atoms with van der Waals surface area (Å²) < 4.78 is 81.0. The van der Waals surface area contributed by atoms with E-state index in [4.69, 9.17) is 0 Å². The minimum atomic E-state index is -6.00. The molecular weight excluding hydrogens is 668 g/mol. The van der Waals surface area contributed by atoms with E-state index < -0.39 is 14.5 Å². The molecule has 0 nitrogen and oxygen atoms in total. The molecule has 0 atom stereocenters. The SMILES string of the molecule is CC(C)(C)c1ccc([I+]c2ccc(C(C)(C)C)cc2)cc1.F[B-](F)(F)F.F[B-](F)(F)F.[IH2+]. The third kappa shape index (κ3) is 19.0. The summed E-state index contributed by atoms with van der Waals surface area (Å²) in [5.41, 5.74) is 3.31. The molecular formula is C20H28B2F8I2. The Hall–Kier alpha value is -0.530. The third-order valence-electron chi connectivity index (χ3n) is 3.64. The molecule has 0 aromatic heterocycles. The van der Waals surface area contributed by atoms with E-state index in [1.807, 2.05) is 0 Å². The molecule has 2 aromatic carbocycles. The first-order valence-corrected chi connectivity index (χ1v) is 11.4. The minimum absolute atomic E-state index is 0. The normalized spacial score (nSPS) is 11.9. The van der Waals surface area contributed by atoms with E-state index in [2.05, 4.69) is 90.1 Å². The van der Waals surface area contributed by atoms with Gasteiger partial charge >= 0.3 is 35.7 Å². The molecule has 0 aliphatic heterocycles. The first-order chi connectivity index (χ1) is 13.7. The van der Waals surface area contributed by atoms with Crippen molar-refractivity contribution >= 4 is 14.5 Å². The smallest absolute Gasteiger partial charge is 0.418 e. The maximum atomic E-state index is 9.75. The Morgan fingerprint density at radius 2 is 0.688 bits per heavy atom. The highest BCUT2D eigenvalue weighted by molar-refractivity contribution is 6.50. The molecule has 32 heavy (non-hydrogen) atoms. The fraction of sp³-hybridized carbons (Fsp3) is 0.400. The van der Waals surface area contributed by atoms with Crippen molar-refractivity contribution in [3.05, 3.63) is 66.8 Å². The molecule has 184 valence electrons. The molecule has 0 unspecified atom stereocenters. The zero-order chi connectivity index (χ0) is 24.7. The summed E-state index contributed by atoms with van der Waals surface area (Å²) in [5.74, 6) is 0. The molecule has 0 radical (unpaired) electrons. The van der Waals surface area contributed by atoms with Crippen molar-refractivity contribution < 1.29 is 79.7 Å². The Kier molecular flexibility index (Phi) is 14.1. The topological polar surface area (TPSA) is 0 Å².